The number of aromatic nitrogens is 2. The number of anilines is 1. The summed E-state index contributed by atoms with van der Waals surface area (Å²) >= 11 is 1.57. The van der Waals surface area contributed by atoms with Crippen LogP contribution >= 0.6 is 11.3 Å². The van der Waals surface area contributed by atoms with E-state index in [-0.39, 0.29) is 5.56 Å². The second-order valence-electron chi connectivity index (χ2n) is 8.15. The van der Waals surface area contributed by atoms with E-state index in [0.717, 1.165) is 61.7 Å². The van der Waals surface area contributed by atoms with Crippen molar-refractivity contribution in [2.75, 3.05) is 46.0 Å². The van der Waals surface area contributed by atoms with Crippen LogP contribution in [0.1, 0.15) is 43.0 Å². The van der Waals surface area contributed by atoms with E-state index in [9.17, 15) is 9.90 Å². The van der Waals surface area contributed by atoms with Gasteiger partial charge in [-0.05, 0) is 31.4 Å². The number of unbranched alkanes of at least 4 members (excludes halogenated alkanes) is 1. The number of ether oxygens (including phenoxy) is 4. The number of carboxylic acids is 1. The highest BCUT2D eigenvalue weighted by Crippen LogP contribution is 2.45. The minimum atomic E-state index is -1.05. The lowest BCUT2D eigenvalue weighted by atomic mass is 10.1. The van der Waals surface area contributed by atoms with Gasteiger partial charge in [0.05, 0.1) is 38.2 Å². The van der Waals surface area contributed by atoms with Crippen LogP contribution in [0.2, 0.25) is 0 Å². The molecule has 1 aliphatic rings. The van der Waals surface area contributed by atoms with Crippen molar-refractivity contribution in [1.29, 1.82) is 0 Å². The number of thiazole rings is 1. The third-order valence-corrected chi connectivity index (χ3v) is 7.10. The fourth-order valence-corrected chi connectivity index (χ4v) is 5.44. The predicted molar refractivity (Wildman–Crippen MR) is 131 cm³/mol. The van der Waals surface area contributed by atoms with Crippen molar-refractivity contribution in [2.24, 2.45) is 0 Å². The van der Waals surface area contributed by atoms with Crippen molar-refractivity contribution < 1.29 is 28.8 Å². The molecule has 10 heteroatoms. The molecule has 3 heterocycles. The molecule has 1 aromatic carbocycles. The molecule has 0 spiro atoms. The molecule has 4 rings (SSSR count). The van der Waals surface area contributed by atoms with Gasteiger partial charge in [-0.15, -0.1) is 16.4 Å². The first-order valence-electron chi connectivity index (χ1n) is 11.4. The van der Waals surface area contributed by atoms with E-state index in [1.54, 1.807) is 18.4 Å². The van der Waals surface area contributed by atoms with Crippen LogP contribution in [-0.4, -0.2) is 67.8 Å². The highest BCUT2D eigenvalue weighted by atomic mass is 32.1. The second kappa shape index (κ2) is 10.5. The molecule has 0 radical (unpaired) electrons. The predicted octanol–water partition coefficient (Wildman–Crippen LogP) is 4.57. The number of methoxy groups -OCH3 is 3. The number of aromatic carboxylic acids is 1. The molecule has 34 heavy (non-hydrogen) atoms. The van der Waals surface area contributed by atoms with Gasteiger partial charge in [0.15, 0.2) is 0 Å². The minimum Gasteiger partial charge on any atom is -0.496 e. The second-order valence-corrected chi connectivity index (χ2v) is 9.01. The van der Waals surface area contributed by atoms with Gasteiger partial charge in [0.25, 0.3) is 5.88 Å². The lowest BCUT2D eigenvalue weighted by Crippen LogP contribution is -2.40. The van der Waals surface area contributed by atoms with Crippen LogP contribution in [-0.2, 0) is 4.74 Å². The van der Waals surface area contributed by atoms with E-state index < -0.39 is 5.97 Å². The number of fused-ring (bicyclic) bond motifs is 1. The number of nitrogens with zero attached hydrogens (tertiary/aromatic N) is 3. The van der Waals surface area contributed by atoms with E-state index >= 15 is 0 Å². The van der Waals surface area contributed by atoms with Gasteiger partial charge >= 0.3 is 5.97 Å². The molecule has 1 saturated heterocycles. The Bertz CT molecular complexity index is 1130. The van der Waals surface area contributed by atoms with Crippen LogP contribution in [0.5, 0.6) is 17.4 Å². The fraction of sp³-hybridized carbons (Fsp3) is 0.500. The topological polar surface area (TPSA) is 94.8 Å². The maximum Gasteiger partial charge on any atom is 0.335 e. The number of rotatable bonds is 10. The molecule has 184 valence electrons. The number of hydrogen-bond acceptors (Lipinski definition) is 8. The molecule has 1 aliphatic heterocycles. The summed E-state index contributed by atoms with van der Waals surface area (Å²) in [4.78, 5) is 15.0. The van der Waals surface area contributed by atoms with E-state index in [2.05, 4.69) is 11.8 Å². The quantitative estimate of drug-likeness (QED) is 0.443. The van der Waals surface area contributed by atoms with Gasteiger partial charge in [0.2, 0.25) is 0 Å². The summed E-state index contributed by atoms with van der Waals surface area (Å²) < 4.78 is 24.4. The first-order valence-corrected chi connectivity index (χ1v) is 12.3. The van der Waals surface area contributed by atoms with Crippen LogP contribution in [0.15, 0.2) is 17.5 Å². The first-order chi connectivity index (χ1) is 16.5. The monoisotopic (exact) mass is 489 g/mol. The molecule has 0 atom stereocenters. The minimum absolute atomic E-state index is 0.0907. The van der Waals surface area contributed by atoms with E-state index in [0.29, 0.717) is 29.0 Å². The summed E-state index contributed by atoms with van der Waals surface area (Å²) in [6, 6.07) is 3.36. The van der Waals surface area contributed by atoms with Crippen LogP contribution in [0, 0.1) is 0 Å². The highest BCUT2D eigenvalue weighted by Gasteiger charge is 2.30. The van der Waals surface area contributed by atoms with Gasteiger partial charge in [-0.3, -0.25) is 0 Å². The molecule has 1 fully saturated rings. The normalized spacial score (nSPS) is 14.4. The molecule has 0 saturated carbocycles. The van der Waals surface area contributed by atoms with E-state index in [1.165, 1.54) is 26.4 Å². The molecule has 0 unspecified atom stereocenters. The average Bonchev–Trinajstić information content (AvgIpc) is 3.43. The Morgan fingerprint density at radius 1 is 1.21 bits per heavy atom. The van der Waals surface area contributed by atoms with Crippen LogP contribution in [0.3, 0.4) is 0 Å². The van der Waals surface area contributed by atoms with Crippen LogP contribution in [0.4, 0.5) is 5.69 Å². The lowest BCUT2D eigenvalue weighted by molar-refractivity contribution is 0.0696. The third-order valence-electron chi connectivity index (χ3n) is 6.17. The molecule has 9 nitrogen and oxygen atoms in total. The third kappa shape index (κ3) is 4.39. The van der Waals surface area contributed by atoms with Gasteiger partial charge in [0, 0.05) is 31.2 Å². The summed E-state index contributed by atoms with van der Waals surface area (Å²) in [7, 11) is 4.67. The largest absolute Gasteiger partial charge is 0.496 e. The standard InChI is InChI=1S/C24H31N3O6S/c1-5-6-9-26(16-7-10-33-11-8-16)21-22(32-4)25-27-17(14-34-23(21)27)20-18(30-2)12-15(24(28)29)13-19(20)31-3/h12-14,16H,5-11H2,1-4H3,(H,28,29). The number of carbonyl (C=O) groups is 1. The smallest absolute Gasteiger partial charge is 0.335 e. The first kappa shape index (κ1) is 24.2. The van der Waals surface area contributed by atoms with Crippen LogP contribution < -0.4 is 19.1 Å². The van der Waals surface area contributed by atoms with Gasteiger partial charge in [-0.25, -0.2) is 9.31 Å². The zero-order valence-corrected chi connectivity index (χ0v) is 20.8. The van der Waals surface area contributed by atoms with Crippen molar-refractivity contribution in [3.8, 4) is 28.6 Å². The molecule has 0 aliphatic carbocycles. The van der Waals surface area contributed by atoms with Crippen molar-refractivity contribution in [3.63, 3.8) is 0 Å². The molecule has 1 N–H and O–H groups in total. The summed E-state index contributed by atoms with van der Waals surface area (Å²) in [5, 5.41) is 16.3. The van der Waals surface area contributed by atoms with Crippen molar-refractivity contribution in [1.82, 2.24) is 9.61 Å². The fourth-order valence-electron chi connectivity index (χ4n) is 4.44. The summed E-state index contributed by atoms with van der Waals surface area (Å²) in [6.07, 6.45) is 4.07. The molecule has 3 aromatic rings. The van der Waals surface area contributed by atoms with Crippen molar-refractivity contribution in [3.05, 3.63) is 23.1 Å². The Hall–Kier alpha value is -2.98. The summed E-state index contributed by atoms with van der Waals surface area (Å²) in [6.45, 7) is 4.60. The molecule has 2 aromatic heterocycles. The van der Waals surface area contributed by atoms with Gasteiger partial charge < -0.3 is 29.0 Å². The lowest BCUT2D eigenvalue weighted by Gasteiger charge is -2.35. The molecule has 0 amide bonds. The zero-order valence-electron chi connectivity index (χ0n) is 20.0. The van der Waals surface area contributed by atoms with Gasteiger partial charge in [0.1, 0.15) is 22.0 Å². The number of hydrogen-bond donors (Lipinski definition) is 1. The Kier molecular flexibility index (Phi) is 7.47. The SMILES string of the molecule is CCCCN(c1c(OC)nn2c(-c3c(OC)cc(C(=O)O)cc3OC)csc12)C1CCOCC1. The average molecular weight is 490 g/mol. The van der Waals surface area contributed by atoms with Crippen LogP contribution in [0.25, 0.3) is 16.1 Å². The Labute approximate surface area is 202 Å². The van der Waals surface area contributed by atoms with Gasteiger partial charge in [-0.2, -0.15) is 0 Å². The molecular formula is C24H31N3O6S. The summed E-state index contributed by atoms with van der Waals surface area (Å²) in [5.74, 6) is 0.319. The van der Waals surface area contributed by atoms with Gasteiger partial charge in [-0.1, -0.05) is 13.3 Å². The Balaban J connectivity index is 1.88. The van der Waals surface area contributed by atoms with E-state index in [1.807, 2.05) is 9.90 Å². The maximum atomic E-state index is 11.6. The Morgan fingerprint density at radius 3 is 2.44 bits per heavy atom. The van der Waals surface area contributed by atoms with Crippen molar-refractivity contribution in [2.45, 2.75) is 38.6 Å². The molecular weight excluding hydrogens is 458 g/mol. The maximum absolute atomic E-state index is 11.6. The molecule has 0 bridgehead atoms. The Morgan fingerprint density at radius 2 is 1.88 bits per heavy atom. The zero-order chi connectivity index (χ0) is 24.2. The van der Waals surface area contributed by atoms with E-state index in [4.69, 9.17) is 24.0 Å². The number of carboxylic acid groups (broad SMARTS) is 1. The highest BCUT2D eigenvalue weighted by molar-refractivity contribution is 7.16. The number of benzene rings is 1. The van der Waals surface area contributed by atoms with Crippen molar-refractivity contribution >= 4 is 27.8 Å². The summed E-state index contributed by atoms with van der Waals surface area (Å²) in [5.41, 5.74) is 2.47.